The molecule has 0 N–H and O–H groups in total. The summed E-state index contributed by atoms with van der Waals surface area (Å²) in [6.45, 7) is 2.11. The predicted octanol–water partition coefficient (Wildman–Crippen LogP) is 2.91. The van der Waals surface area contributed by atoms with Crippen LogP contribution in [0.2, 0.25) is 0 Å². The lowest BCUT2D eigenvalue weighted by molar-refractivity contribution is 0.160. The maximum absolute atomic E-state index is 4.41. The minimum Gasteiger partial charge on any atom is -0.292 e. The Labute approximate surface area is 119 Å². The molecule has 20 heavy (non-hydrogen) atoms. The summed E-state index contributed by atoms with van der Waals surface area (Å²) in [4.78, 5) is 11.2. The Morgan fingerprint density at radius 2 is 2.05 bits per heavy atom. The van der Waals surface area contributed by atoms with E-state index >= 15 is 0 Å². The molecule has 2 aliphatic rings. The molecule has 3 nitrogen and oxygen atoms in total. The highest BCUT2D eigenvalue weighted by Gasteiger charge is 2.28. The van der Waals surface area contributed by atoms with Crippen molar-refractivity contribution in [3.8, 4) is 0 Å². The van der Waals surface area contributed by atoms with E-state index in [1.54, 1.807) is 17.5 Å². The second-order valence-corrected chi connectivity index (χ2v) is 5.82. The quantitative estimate of drug-likeness (QED) is 0.794. The van der Waals surface area contributed by atoms with E-state index in [1.165, 1.54) is 30.5 Å². The van der Waals surface area contributed by atoms with Gasteiger partial charge in [0.05, 0.1) is 0 Å². The summed E-state index contributed by atoms with van der Waals surface area (Å²) in [5.74, 6) is 0. The van der Waals surface area contributed by atoms with Crippen molar-refractivity contribution in [3.05, 3.63) is 59.2 Å². The molecule has 2 heterocycles. The maximum Gasteiger partial charge on any atom is 0.115 e. The fourth-order valence-electron chi connectivity index (χ4n) is 3.66. The minimum absolute atomic E-state index is 0.577. The lowest BCUT2D eigenvalue weighted by Gasteiger charge is -2.38. The van der Waals surface area contributed by atoms with Crippen LogP contribution in [0.3, 0.4) is 0 Å². The van der Waals surface area contributed by atoms with Gasteiger partial charge in [-0.3, -0.25) is 4.90 Å². The van der Waals surface area contributed by atoms with Gasteiger partial charge in [-0.05, 0) is 30.4 Å². The number of fused-ring (bicyclic) bond motifs is 2. The van der Waals surface area contributed by atoms with Crippen LogP contribution in [0.4, 0.5) is 0 Å². The van der Waals surface area contributed by atoms with Crippen molar-refractivity contribution in [1.29, 1.82) is 0 Å². The van der Waals surface area contributed by atoms with E-state index in [0.29, 0.717) is 6.04 Å². The molecule has 0 fully saturated rings. The number of aryl methyl sites for hydroxylation is 1. The Morgan fingerprint density at radius 3 is 3.05 bits per heavy atom. The van der Waals surface area contributed by atoms with Gasteiger partial charge in [0.25, 0.3) is 0 Å². The largest absolute Gasteiger partial charge is 0.292 e. The summed E-state index contributed by atoms with van der Waals surface area (Å²) in [5, 5.41) is 0. The summed E-state index contributed by atoms with van der Waals surface area (Å²) in [6.07, 6.45) is 8.53. The third kappa shape index (κ3) is 2.02. The maximum atomic E-state index is 4.41. The molecule has 2 aromatic rings. The molecule has 3 heteroatoms. The number of rotatable bonds is 1. The zero-order chi connectivity index (χ0) is 13.4. The van der Waals surface area contributed by atoms with Crippen LogP contribution < -0.4 is 0 Å². The van der Waals surface area contributed by atoms with Crippen LogP contribution in [-0.4, -0.2) is 21.4 Å². The minimum atomic E-state index is 0.577. The molecule has 1 unspecified atom stereocenters. The molecule has 1 atom stereocenters. The van der Waals surface area contributed by atoms with Crippen molar-refractivity contribution < 1.29 is 0 Å². The molecule has 1 aromatic heterocycles. The van der Waals surface area contributed by atoms with Crippen molar-refractivity contribution in [2.24, 2.45) is 0 Å². The van der Waals surface area contributed by atoms with Crippen molar-refractivity contribution >= 4 is 0 Å². The number of hydrogen-bond acceptors (Lipinski definition) is 3. The zero-order valence-corrected chi connectivity index (χ0v) is 11.6. The molecule has 4 rings (SSSR count). The summed E-state index contributed by atoms with van der Waals surface area (Å²) in [6, 6.07) is 9.53. The topological polar surface area (TPSA) is 29.0 Å². The van der Waals surface area contributed by atoms with Crippen LogP contribution in [-0.2, 0) is 19.4 Å². The molecule has 1 aliphatic heterocycles. The van der Waals surface area contributed by atoms with Gasteiger partial charge in [-0.1, -0.05) is 24.3 Å². The van der Waals surface area contributed by atoms with Crippen molar-refractivity contribution in [1.82, 2.24) is 14.9 Å². The second kappa shape index (κ2) is 4.98. The van der Waals surface area contributed by atoms with Crippen LogP contribution in [0.5, 0.6) is 0 Å². The first kappa shape index (κ1) is 12.0. The highest BCUT2D eigenvalue weighted by molar-refractivity contribution is 5.33. The lowest BCUT2D eigenvalue weighted by Crippen LogP contribution is -2.36. The monoisotopic (exact) mass is 265 g/mol. The Hall–Kier alpha value is -1.74. The Morgan fingerprint density at radius 1 is 1.10 bits per heavy atom. The van der Waals surface area contributed by atoms with Crippen LogP contribution >= 0.6 is 0 Å². The first-order valence-electron chi connectivity index (χ1n) is 7.51. The molecule has 0 saturated carbocycles. The van der Waals surface area contributed by atoms with E-state index < -0.39 is 0 Å². The Kier molecular flexibility index (Phi) is 3.00. The van der Waals surface area contributed by atoms with Gasteiger partial charge in [-0.2, -0.15) is 0 Å². The molecule has 0 radical (unpaired) electrons. The van der Waals surface area contributed by atoms with Gasteiger partial charge in [0.1, 0.15) is 6.33 Å². The molecular formula is C17H19N3. The molecule has 0 spiro atoms. The SMILES string of the molecule is c1ccc2c(c1)CCCC2N1CCc2ncncc2C1. The van der Waals surface area contributed by atoms with E-state index in [4.69, 9.17) is 0 Å². The number of hydrogen-bond donors (Lipinski definition) is 0. The van der Waals surface area contributed by atoms with E-state index in [0.717, 1.165) is 19.5 Å². The van der Waals surface area contributed by atoms with E-state index in [-0.39, 0.29) is 0 Å². The molecule has 0 bridgehead atoms. The second-order valence-electron chi connectivity index (χ2n) is 5.82. The van der Waals surface area contributed by atoms with Gasteiger partial charge in [-0.25, -0.2) is 9.97 Å². The van der Waals surface area contributed by atoms with Crippen molar-refractivity contribution in [3.63, 3.8) is 0 Å². The smallest absolute Gasteiger partial charge is 0.115 e. The lowest BCUT2D eigenvalue weighted by atomic mass is 9.86. The van der Waals surface area contributed by atoms with Gasteiger partial charge >= 0.3 is 0 Å². The molecule has 1 aromatic carbocycles. The molecule has 0 amide bonds. The molecular weight excluding hydrogens is 246 g/mol. The molecule has 1 aliphatic carbocycles. The number of nitrogens with zero attached hydrogens (tertiary/aromatic N) is 3. The first-order chi connectivity index (χ1) is 9.92. The van der Waals surface area contributed by atoms with Crippen LogP contribution in [0.25, 0.3) is 0 Å². The Bertz CT molecular complexity index is 623. The number of aromatic nitrogens is 2. The fourth-order valence-corrected chi connectivity index (χ4v) is 3.66. The summed E-state index contributed by atoms with van der Waals surface area (Å²) in [7, 11) is 0. The van der Waals surface area contributed by atoms with Gasteiger partial charge in [0, 0.05) is 43.0 Å². The molecule has 0 saturated heterocycles. The summed E-state index contributed by atoms with van der Waals surface area (Å²) < 4.78 is 0. The van der Waals surface area contributed by atoms with E-state index in [9.17, 15) is 0 Å². The Balaban J connectivity index is 1.64. The van der Waals surface area contributed by atoms with Crippen molar-refractivity contribution in [2.75, 3.05) is 6.54 Å². The van der Waals surface area contributed by atoms with Gasteiger partial charge < -0.3 is 0 Å². The fraction of sp³-hybridized carbons (Fsp3) is 0.412. The van der Waals surface area contributed by atoms with E-state index in [1.807, 2.05) is 6.20 Å². The normalized spacial score (nSPS) is 22.1. The van der Waals surface area contributed by atoms with Gasteiger partial charge in [-0.15, -0.1) is 0 Å². The highest BCUT2D eigenvalue weighted by atomic mass is 15.2. The van der Waals surface area contributed by atoms with Crippen LogP contribution in [0.15, 0.2) is 36.8 Å². The van der Waals surface area contributed by atoms with Gasteiger partial charge in [0.2, 0.25) is 0 Å². The zero-order valence-electron chi connectivity index (χ0n) is 11.6. The standard InChI is InChI=1S/C17H19N3/c1-2-6-15-13(4-1)5-3-7-17(15)20-9-8-16-14(11-20)10-18-12-19-16/h1-2,4,6,10,12,17H,3,5,7-9,11H2. The predicted molar refractivity (Wildman–Crippen MR) is 78.3 cm³/mol. The van der Waals surface area contributed by atoms with Crippen LogP contribution in [0, 0.1) is 0 Å². The summed E-state index contributed by atoms with van der Waals surface area (Å²) in [5.41, 5.74) is 5.63. The third-order valence-electron chi connectivity index (χ3n) is 4.67. The van der Waals surface area contributed by atoms with E-state index in [2.05, 4.69) is 39.1 Å². The number of benzene rings is 1. The van der Waals surface area contributed by atoms with Gasteiger partial charge in [0.15, 0.2) is 0 Å². The average molecular weight is 265 g/mol. The third-order valence-corrected chi connectivity index (χ3v) is 4.67. The highest BCUT2D eigenvalue weighted by Crippen LogP contribution is 2.36. The molecule has 102 valence electrons. The average Bonchev–Trinajstić information content (AvgIpc) is 2.54. The first-order valence-corrected chi connectivity index (χ1v) is 7.51. The van der Waals surface area contributed by atoms with Crippen LogP contribution in [0.1, 0.15) is 41.3 Å². The van der Waals surface area contributed by atoms with Crippen molar-refractivity contribution in [2.45, 2.75) is 38.3 Å². The summed E-state index contributed by atoms with van der Waals surface area (Å²) >= 11 is 0.